The first-order chi connectivity index (χ1) is 31.7. The summed E-state index contributed by atoms with van der Waals surface area (Å²) in [4.78, 5) is 18.4. The third-order valence-corrected chi connectivity index (χ3v) is 14.3. The average Bonchev–Trinajstić information content (AvgIpc) is 3.66. The Kier molecular flexibility index (Phi) is 8.37. The Labute approximate surface area is 375 Å². The summed E-state index contributed by atoms with van der Waals surface area (Å²) in [5, 5.41) is 3.47. The molecule has 13 rings (SSSR count). The summed E-state index contributed by atoms with van der Waals surface area (Å²) in [6.45, 7) is 0. The van der Waals surface area contributed by atoms with E-state index in [1.165, 1.54) is 59.7 Å². The van der Waals surface area contributed by atoms with Gasteiger partial charge in [-0.25, -0.2) is 15.0 Å². The molecule has 3 nitrogen and oxygen atoms in total. The molecular formula is C60H37N3S. The minimum atomic E-state index is -0.466. The highest BCUT2D eigenvalue weighted by molar-refractivity contribution is 7.99. The van der Waals surface area contributed by atoms with Crippen LogP contribution in [-0.2, 0) is 5.41 Å². The van der Waals surface area contributed by atoms with Gasteiger partial charge in [0.2, 0.25) is 0 Å². The summed E-state index contributed by atoms with van der Waals surface area (Å²) in [5.74, 6) is 0.688. The molecule has 1 aliphatic heterocycles. The number of fused-ring (bicyclic) bond motifs is 12. The van der Waals surface area contributed by atoms with Gasteiger partial charge in [-0.1, -0.05) is 200 Å². The lowest BCUT2D eigenvalue weighted by atomic mass is 9.67. The Bertz CT molecular complexity index is 3590. The molecule has 64 heavy (non-hydrogen) atoms. The van der Waals surface area contributed by atoms with E-state index >= 15 is 0 Å². The summed E-state index contributed by atoms with van der Waals surface area (Å²) < 4.78 is 0. The van der Waals surface area contributed by atoms with Gasteiger partial charge in [0, 0.05) is 42.8 Å². The number of para-hydroxylation sites is 1. The van der Waals surface area contributed by atoms with Crippen LogP contribution in [0.1, 0.15) is 22.3 Å². The number of hydrogen-bond donors (Lipinski definition) is 0. The molecule has 1 spiro atoms. The molecule has 0 saturated carbocycles. The van der Waals surface area contributed by atoms with Crippen LogP contribution < -0.4 is 0 Å². The SMILES string of the molecule is c1ccc(-c2ccc(-c3cc(-c4cccc(-c5nc6ccccc6c6cc7c(cc56)Sc5ccccc5C75c6ccccc6-c6ccccc65)c4)nc(-c4ccccc4)n3)cc2)cc1. The third-order valence-electron chi connectivity index (χ3n) is 13.1. The molecule has 4 heteroatoms. The number of pyridine rings is 1. The fraction of sp³-hybridized carbons (Fsp3) is 0.0167. The first kappa shape index (κ1) is 36.7. The molecule has 0 fully saturated rings. The fourth-order valence-electron chi connectivity index (χ4n) is 10.3. The topological polar surface area (TPSA) is 38.7 Å². The summed E-state index contributed by atoms with van der Waals surface area (Å²) in [7, 11) is 0. The Morgan fingerprint density at radius 1 is 0.312 bits per heavy atom. The molecule has 2 aliphatic rings. The Morgan fingerprint density at radius 3 is 1.62 bits per heavy atom. The highest BCUT2D eigenvalue weighted by Gasteiger charge is 2.50. The Morgan fingerprint density at radius 2 is 0.875 bits per heavy atom. The molecule has 11 aromatic rings. The lowest BCUT2D eigenvalue weighted by molar-refractivity contribution is 0.724. The van der Waals surface area contributed by atoms with Crippen LogP contribution in [0.2, 0.25) is 0 Å². The standard InChI is InChI=1S/C60H37N3S/c1-3-16-38(17-4-1)39-30-32-40(33-31-39)54-37-55(63-59(62-54)41-18-5-2-6-19-41)42-20-15-21-43(34-42)58-48-36-57-52(35-47(48)46-24-9-13-28-53(46)61-58)60(51-27-12-14-29-56(51)64-57)49-25-10-7-22-44(49)45-23-8-11-26-50(45)60/h1-37H. The maximum Gasteiger partial charge on any atom is 0.160 e. The van der Waals surface area contributed by atoms with E-state index in [1.807, 2.05) is 36.0 Å². The van der Waals surface area contributed by atoms with Crippen molar-refractivity contribution in [2.75, 3.05) is 0 Å². The monoisotopic (exact) mass is 831 g/mol. The van der Waals surface area contributed by atoms with Gasteiger partial charge in [0.15, 0.2) is 5.82 Å². The highest BCUT2D eigenvalue weighted by Crippen LogP contribution is 2.62. The molecular weight excluding hydrogens is 795 g/mol. The van der Waals surface area contributed by atoms with Gasteiger partial charge in [0.1, 0.15) is 0 Å². The van der Waals surface area contributed by atoms with Gasteiger partial charge in [0.05, 0.1) is 28.0 Å². The highest BCUT2D eigenvalue weighted by atomic mass is 32.2. The quantitative estimate of drug-likeness (QED) is 0.162. The molecule has 0 unspecified atom stereocenters. The van der Waals surface area contributed by atoms with Crippen molar-refractivity contribution in [2.24, 2.45) is 0 Å². The van der Waals surface area contributed by atoms with Crippen LogP contribution in [0.4, 0.5) is 0 Å². The molecule has 0 atom stereocenters. The Balaban J connectivity index is 1.01. The van der Waals surface area contributed by atoms with Gasteiger partial charge < -0.3 is 0 Å². The van der Waals surface area contributed by atoms with Crippen LogP contribution in [0, 0.1) is 0 Å². The average molecular weight is 832 g/mol. The largest absolute Gasteiger partial charge is 0.247 e. The lowest BCUT2D eigenvalue weighted by Crippen LogP contribution is -2.32. The van der Waals surface area contributed by atoms with Crippen molar-refractivity contribution in [1.82, 2.24) is 15.0 Å². The normalized spacial score (nSPS) is 13.1. The van der Waals surface area contributed by atoms with E-state index in [-0.39, 0.29) is 0 Å². The van der Waals surface area contributed by atoms with E-state index in [0.29, 0.717) is 5.82 Å². The summed E-state index contributed by atoms with van der Waals surface area (Å²) in [5.41, 5.74) is 17.5. The predicted molar refractivity (Wildman–Crippen MR) is 263 cm³/mol. The molecule has 0 radical (unpaired) electrons. The number of nitrogens with zero attached hydrogens (tertiary/aromatic N) is 3. The maximum atomic E-state index is 5.48. The van der Waals surface area contributed by atoms with Crippen LogP contribution in [-0.4, -0.2) is 15.0 Å². The minimum Gasteiger partial charge on any atom is -0.247 e. The number of aromatic nitrogens is 3. The van der Waals surface area contributed by atoms with Crippen molar-refractivity contribution >= 4 is 33.4 Å². The second-order valence-electron chi connectivity index (χ2n) is 16.7. The van der Waals surface area contributed by atoms with Crippen molar-refractivity contribution in [2.45, 2.75) is 15.2 Å². The number of benzene rings is 9. The summed E-state index contributed by atoms with van der Waals surface area (Å²) in [6, 6.07) is 80.8. The molecule has 0 amide bonds. The van der Waals surface area contributed by atoms with Gasteiger partial charge in [-0.3, -0.25) is 0 Å². The summed E-state index contributed by atoms with van der Waals surface area (Å²) in [6.07, 6.45) is 0. The smallest absolute Gasteiger partial charge is 0.160 e. The molecule has 0 bridgehead atoms. The van der Waals surface area contributed by atoms with Crippen molar-refractivity contribution in [3.05, 3.63) is 247 Å². The van der Waals surface area contributed by atoms with E-state index in [2.05, 4.69) is 200 Å². The zero-order valence-corrected chi connectivity index (χ0v) is 35.4. The van der Waals surface area contributed by atoms with E-state index in [0.717, 1.165) is 55.6 Å². The van der Waals surface area contributed by atoms with E-state index < -0.39 is 5.41 Å². The molecule has 298 valence electrons. The second-order valence-corrected chi connectivity index (χ2v) is 17.7. The van der Waals surface area contributed by atoms with Gasteiger partial charge in [0.25, 0.3) is 0 Å². The molecule has 9 aromatic carbocycles. The van der Waals surface area contributed by atoms with Gasteiger partial charge in [-0.2, -0.15) is 0 Å². The van der Waals surface area contributed by atoms with Crippen LogP contribution >= 0.6 is 11.8 Å². The second kappa shape index (κ2) is 14.6. The molecule has 2 aromatic heterocycles. The molecule has 1 aliphatic carbocycles. The Hall–Kier alpha value is -7.92. The van der Waals surface area contributed by atoms with E-state index in [4.69, 9.17) is 15.0 Å². The van der Waals surface area contributed by atoms with Crippen molar-refractivity contribution in [3.8, 4) is 67.4 Å². The number of hydrogen-bond acceptors (Lipinski definition) is 4. The minimum absolute atomic E-state index is 0.466. The van der Waals surface area contributed by atoms with Crippen LogP contribution in [0.25, 0.3) is 89.1 Å². The molecule has 0 saturated heterocycles. The van der Waals surface area contributed by atoms with Crippen molar-refractivity contribution < 1.29 is 0 Å². The first-order valence-corrected chi connectivity index (χ1v) is 22.6. The third kappa shape index (κ3) is 5.66. The van der Waals surface area contributed by atoms with Gasteiger partial charge >= 0.3 is 0 Å². The van der Waals surface area contributed by atoms with Gasteiger partial charge in [-0.15, -0.1) is 0 Å². The molecule has 0 N–H and O–H groups in total. The zero-order valence-electron chi connectivity index (χ0n) is 34.6. The van der Waals surface area contributed by atoms with Crippen LogP contribution in [0.15, 0.2) is 234 Å². The fourth-order valence-corrected chi connectivity index (χ4v) is 11.5. The van der Waals surface area contributed by atoms with Gasteiger partial charge in [-0.05, 0) is 86.3 Å². The maximum absolute atomic E-state index is 5.48. The zero-order chi connectivity index (χ0) is 42.2. The van der Waals surface area contributed by atoms with Crippen molar-refractivity contribution in [1.29, 1.82) is 0 Å². The summed E-state index contributed by atoms with van der Waals surface area (Å²) >= 11 is 1.87. The number of rotatable bonds is 5. The van der Waals surface area contributed by atoms with E-state index in [9.17, 15) is 0 Å². The first-order valence-electron chi connectivity index (χ1n) is 21.8. The van der Waals surface area contributed by atoms with Crippen LogP contribution in [0.3, 0.4) is 0 Å². The van der Waals surface area contributed by atoms with Crippen molar-refractivity contribution in [3.63, 3.8) is 0 Å². The van der Waals surface area contributed by atoms with E-state index in [1.54, 1.807) is 0 Å². The lowest BCUT2D eigenvalue weighted by Gasteiger charge is -2.40. The molecule has 3 heterocycles. The predicted octanol–water partition coefficient (Wildman–Crippen LogP) is 15.3. The van der Waals surface area contributed by atoms with Crippen LogP contribution in [0.5, 0.6) is 0 Å².